The molecule has 0 nitrogen and oxygen atoms in total. The van der Waals surface area contributed by atoms with Gasteiger partial charge in [-0.2, -0.15) is 0 Å². The molecule has 0 amide bonds. The van der Waals surface area contributed by atoms with Crippen molar-refractivity contribution in [1.29, 1.82) is 0 Å². The molecular weight excluding hydrogens is 199 g/mol. The highest BCUT2D eigenvalue weighted by atomic mass is 19.1. The van der Waals surface area contributed by atoms with Crippen LogP contribution in [0.5, 0.6) is 0 Å². The summed E-state index contributed by atoms with van der Waals surface area (Å²) in [6, 6.07) is 13.6. The van der Waals surface area contributed by atoms with Crippen LogP contribution in [0.1, 0.15) is 22.3 Å². The molecule has 82 valence electrons. The Hall–Kier alpha value is -1.63. The maximum absolute atomic E-state index is 13.6. The van der Waals surface area contributed by atoms with Crippen molar-refractivity contribution in [3.05, 3.63) is 70.5 Å². The first kappa shape index (κ1) is 10.9. The highest BCUT2D eigenvalue weighted by Gasteiger charge is 2.03. The lowest BCUT2D eigenvalue weighted by Crippen LogP contribution is -1.93. The summed E-state index contributed by atoms with van der Waals surface area (Å²) in [5.41, 5.74) is 4.10. The van der Waals surface area contributed by atoms with Gasteiger partial charge in [-0.05, 0) is 36.6 Å². The summed E-state index contributed by atoms with van der Waals surface area (Å²) in [6.45, 7) is 3.95. The lowest BCUT2D eigenvalue weighted by molar-refractivity contribution is 0.613. The molecule has 2 rings (SSSR count). The van der Waals surface area contributed by atoms with E-state index < -0.39 is 0 Å². The SMILES string of the molecule is Cc1ccc(Cc2ccc(C)cc2F)cc1. The van der Waals surface area contributed by atoms with Gasteiger partial charge < -0.3 is 0 Å². The van der Waals surface area contributed by atoms with Crippen molar-refractivity contribution in [2.75, 3.05) is 0 Å². The van der Waals surface area contributed by atoms with Crippen LogP contribution >= 0.6 is 0 Å². The zero-order valence-corrected chi connectivity index (χ0v) is 9.63. The normalized spacial score (nSPS) is 10.4. The number of rotatable bonds is 2. The van der Waals surface area contributed by atoms with Crippen LogP contribution in [0.3, 0.4) is 0 Å². The third-order valence-electron chi connectivity index (χ3n) is 2.72. The fourth-order valence-electron chi connectivity index (χ4n) is 1.72. The second kappa shape index (κ2) is 4.48. The van der Waals surface area contributed by atoms with E-state index in [4.69, 9.17) is 0 Å². The molecule has 2 aromatic carbocycles. The van der Waals surface area contributed by atoms with Crippen LogP contribution < -0.4 is 0 Å². The number of hydrogen-bond donors (Lipinski definition) is 0. The molecule has 0 spiro atoms. The fraction of sp³-hybridized carbons (Fsp3) is 0.200. The molecule has 0 aliphatic carbocycles. The molecule has 0 saturated carbocycles. The van der Waals surface area contributed by atoms with Gasteiger partial charge in [0, 0.05) is 6.42 Å². The Balaban J connectivity index is 2.23. The number of hydrogen-bond acceptors (Lipinski definition) is 0. The molecule has 0 aromatic heterocycles. The van der Waals surface area contributed by atoms with Crippen LogP contribution in [0.25, 0.3) is 0 Å². The summed E-state index contributed by atoms with van der Waals surface area (Å²) >= 11 is 0. The molecule has 0 unspecified atom stereocenters. The highest BCUT2D eigenvalue weighted by Crippen LogP contribution is 2.15. The van der Waals surface area contributed by atoms with Crippen molar-refractivity contribution in [3.63, 3.8) is 0 Å². The van der Waals surface area contributed by atoms with E-state index in [-0.39, 0.29) is 5.82 Å². The Kier molecular flexibility index (Phi) is 3.04. The predicted molar refractivity (Wildman–Crippen MR) is 65.1 cm³/mol. The largest absolute Gasteiger partial charge is 0.207 e. The van der Waals surface area contributed by atoms with Gasteiger partial charge in [-0.1, -0.05) is 42.0 Å². The lowest BCUT2D eigenvalue weighted by atomic mass is 10.0. The number of aryl methyl sites for hydroxylation is 2. The second-order valence-electron chi connectivity index (χ2n) is 4.26. The lowest BCUT2D eigenvalue weighted by Gasteiger charge is -2.05. The highest BCUT2D eigenvalue weighted by molar-refractivity contribution is 5.30. The summed E-state index contributed by atoms with van der Waals surface area (Å²) in [7, 11) is 0. The third-order valence-corrected chi connectivity index (χ3v) is 2.72. The van der Waals surface area contributed by atoms with E-state index in [2.05, 4.69) is 31.2 Å². The van der Waals surface area contributed by atoms with Gasteiger partial charge in [0.05, 0.1) is 0 Å². The third kappa shape index (κ3) is 2.48. The zero-order valence-electron chi connectivity index (χ0n) is 9.63. The van der Waals surface area contributed by atoms with E-state index in [1.165, 1.54) is 5.56 Å². The molecule has 0 aliphatic rings. The number of halogens is 1. The summed E-state index contributed by atoms with van der Waals surface area (Å²) in [5, 5.41) is 0. The summed E-state index contributed by atoms with van der Waals surface area (Å²) < 4.78 is 13.6. The van der Waals surface area contributed by atoms with Gasteiger partial charge in [-0.3, -0.25) is 0 Å². The van der Waals surface area contributed by atoms with Gasteiger partial charge in [0.1, 0.15) is 5.82 Å². The Labute approximate surface area is 95.7 Å². The van der Waals surface area contributed by atoms with E-state index in [0.717, 1.165) is 16.7 Å². The van der Waals surface area contributed by atoms with Crippen LogP contribution in [0.4, 0.5) is 4.39 Å². The molecule has 1 heteroatoms. The van der Waals surface area contributed by atoms with Gasteiger partial charge in [0.2, 0.25) is 0 Å². The quantitative estimate of drug-likeness (QED) is 0.708. The van der Waals surface area contributed by atoms with Crippen LogP contribution in [0, 0.1) is 19.7 Å². The number of benzene rings is 2. The fourth-order valence-corrected chi connectivity index (χ4v) is 1.72. The van der Waals surface area contributed by atoms with Gasteiger partial charge in [0.15, 0.2) is 0 Å². The smallest absolute Gasteiger partial charge is 0.126 e. The Morgan fingerprint density at radius 1 is 0.875 bits per heavy atom. The first-order valence-electron chi connectivity index (χ1n) is 5.46. The molecule has 0 atom stereocenters. The van der Waals surface area contributed by atoms with Crippen molar-refractivity contribution >= 4 is 0 Å². The average molecular weight is 214 g/mol. The minimum Gasteiger partial charge on any atom is -0.207 e. The van der Waals surface area contributed by atoms with Gasteiger partial charge in [-0.25, -0.2) is 4.39 Å². The molecule has 0 aliphatic heterocycles. The molecular formula is C15H15F. The molecule has 2 aromatic rings. The van der Waals surface area contributed by atoms with Gasteiger partial charge >= 0.3 is 0 Å². The summed E-state index contributed by atoms with van der Waals surface area (Å²) in [5.74, 6) is -0.111. The van der Waals surface area contributed by atoms with Gasteiger partial charge in [0.25, 0.3) is 0 Å². The van der Waals surface area contributed by atoms with E-state index in [0.29, 0.717) is 6.42 Å². The average Bonchev–Trinajstić information content (AvgIpc) is 2.25. The van der Waals surface area contributed by atoms with Crippen LogP contribution in [0.15, 0.2) is 42.5 Å². The molecule has 0 bridgehead atoms. The molecule has 0 fully saturated rings. The van der Waals surface area contributed by atoms with Crippen molar-refractivity contribution < 1.29 is 4.39 Å². The Morgan fingerprint density at radius 3 is 2.12 bits per heavy atom. The van der Waals surface area contributed by atoms with Gasteiger partial charge in [-0.15, -0.1) is 0 Å². The van der Waals surface area contributed by atoms with E-state index in [1.54, 1.807) is 6.07 Å². The zero-order chi connectivity index (χ0) is 11.5. The topological polar surface area (TPSA) is 0 Å². The molecule has 0 radical (unpaired) electrons. The minimum absolute atomic E-state index is 0.111. The standard InChI is InChI=1S/C15H15F/c1-11-3-6-13(7-4-11)10-14-8-5-12(2)9-15(14)16/h3-9H,10H2,1-2H3. The monoisotopic (exact) mass is 214 g/mol. The van der Waals surface area contributed by atoms with Crippen LogP contribution in [0.2, 0.25) is 0 Å². The maximum atomic E-state index is 13.6. The van der Waals surface area contributed by atoms with E-state index in [1.807, 2.05) is 19.1 Å². The summed E-state index contributed by atoms with van der Waals surface area (Å²) in [6.07, 6.45) is 0.659. The minimum atomic E-state index is -0.111. The van der Waals surface area contributed by atoms with Crippen molar-refractivity contribution in [1.82, 2.24) is 0 Å². The van der Waals surface area contributed by atoms with Crippen molar-refractivity contribution in [2.45, 2.75) is 20.3 Å². The summed E-state index contributed by atoms with van der Waals surface area (Å²) in [4.78, 5) is 0. The molecule has 16 heavy (non-hydrogen) atoms. The Bertz CT molecular complexity index is 483. The van der Waals surface area contributed by atoms with Crippen LogP contribution in [-0.2, 0) is 6.42 Å². The first-order valence-corrected chi connectivity index (χ1v) is 5.46. The van der Waals surface area contributed by atoms with Crippen molar-refractivity contribution in [3.8, 4) is 0 Å². The first-order chi connectivity index (χ1) is 7.65. The van der Waals surface area contributed by atoms with E-state index >= 15 is 0 Å². The molecule has 0 heterocycles. The molecule has 0 N–H and O–H groups in total. The maximum Gasteiger partial charge on any atom is 0.126 e. The van der Waals surface area contributed by atoms with Crippen LogP contribution in [-0.4, -0.2) is 0 Å². The van der Waals surface area contributed by atoms with Crippen molar-refractivity contribution in [2.24, 2.45) is 0 Å². The van der Waals surface area contributed by atoms with E-state index in [9.17, 15) is 4.39 Å². The second-order valence-corrected chi connectivity index (χ2v) is 4.26. The predicted octanol–water partition coefficient (Wildman–Crippen LogP) is 4.03. The Morgan fingerprint density at radius 2 is 1.50 bits per heavy atom. The molecule has 0 saturated heterocycles.